The van der Waals surface area contributed by atoms with Crippen LogP contribution in [0.4, 0.5) is 10.1 Å². The number of methoxy groups -OCH3 is 1. The van der Waals surface area contributed by atoms with E-state index in [2.05, 4.69) is 4.72 Å². The molecule has 1 unspecified atom stereocenters. The van der Waals surface area contributed by atoms with E-state index in [-0.39, 0.29) is 29.4 Å². The predicted molar refractivity (Wildman–Crippen MR) is 68.9 cm³/mol. The maximum Gasteiger partial charge on any atom is 0.240 e. The molecule has 0 spiro atoms. The van der Waals surface area contributed by atoms with Crippen LogP contribution in [0.2, 0.25) is 0 Å². The zero-order valence-electron chi connectivity index (χ0n) is 10.7. The lowest BCUT2D eigenvalue weighted by Crippen LogP contribution is -2.33. The van der Waals surface area contributed by atoms with Crippen LogP contribution in [0.3, 0.4) is 0 Å². The number of hydrogen-bond acceptors (Lipinski definition) is 5. The van der Waals surface area contributed by atoms with Gasteiger partial charge >= 0.3 is 0 Å². The maximum absolute atomic E-state index is 13.6. The van der Waals surface area contributed by atoms with Gasteiger partial charge in [0.1, 0.15) is 0 Å². The molecule has 1 atom stereocenters. The summed E-state index contributed by atoms with van der Waals surface area (Å²) in [4.78, 5) is -0.284. The number of ether oxygens (including phenoxy) is 1. The van der Waals surface area contributed by atoms with Gasteiger partial charge in [-0.05, 0) is 25.5 Å². The van der Waals surface area contributed by atoms with E-state index in [4.69, 9.17) is 15.6 Å². The topological polar surface area (TPSA) is 102 Å². The van der Waals surface area contributed by atoms with Gasteiger partial charge in [-0.3, -0.25) is 0 Å². The van der Waals surface area contributed by atoms with Gasteiger partial charge in [0.15, 0.2) is 11.6 Å². The van der Waals surface area contributed by atoms with Crippen LogP contribution in [0.5, 0.6) is 5.75 Å². The number of halogens is 1. The molecule has 4 N–H and O–H groups in total. The van der Waals surface area contributed by atoms with Crippen molar-refractivity contribution in [1.29, 1.82) is 0 Å². The number of aliphatic hydroxyl groups is 1. The van der Waals surface area contributed by atoms with Crippen LogP contribution >= 0.6 is 0 Å². The van der Waals surface area contributed by atoms with Crippen LogP contribution in [0.1, 0.15) is 13.3 Å². The summed E-state index contributed by atoms with van der Waals surface area (Å²) in [6.07, 6.45) is 0.257. The van der Waals surface area contributed by atoms with Crippen molar-refractivity contribution >= 4 is 15.7 Å². The zero-order chi connectivity index (χ0) is 14.6. The minimum atomic E-state index is -3.89. The Balaban J connectivity index is 3.09. The standard InChI is InChI=1S/C11H17FN2O4S/c1-7(3-4-15)14-19(16,17)8-5-9(12)11(18-2)10(13)6-8/h5-7,14-15H,3-4,13H2,1-2H3. The molecule has 0 saturated heterocycles. The summed E-state index contributed by atoms with van der Waals surface area (Å²) in [6, 6.07) is 1.49. The van der Waals surface area contributed by atoms with Gasteiger partial charge in [-0.15, -0.1) is 0 Å². The van der Waals surface area contributed by atoms with Gasteiger partial charge in [-0.25, -0.2) is 17.5 Å². The van der Waals surface area contributed by atoms with E-state index >= 15 is 0 Å². The number of aliphatic hydroxyl groups excluding tert-OH is 1. The van der Waals surface area contributed by atoms with Crippen molar-refractivity contribution in [2.24, 2.45) is 0 Å². The lowest BCUT2D eigenvalue weighted by Gasteiger charge is -2.14. The summed E-state index contributed by atoms with van der Waals surface area (Å²) in [7, 11) is -2.65. The number of nitrogens with one attached hydrogen (secondary N) is 1. The molecule has 0 aromatic heterocycles. The molecule has 1 aromatic carbocycles. The van der Waals surface area contributed by atoms with Crippen molar-refractivity contribution in [2.45, 2.75) is 24.3 Å². The van der Waals surface area contributed by atoms with Gasteiger partial charge < -0.3 is 15.6 Å². The zero-order valence-corrected chi connectivity index (χ0v) is 11.5. The summed E-state index contributed by atoms with van der Waals surface area (Å²) >= 11 is 0. The number of sulfonamides is 1. The molecule has 19 heavy (non-hydrogen) atoms. The molecule has 0 bridgehead atoms. The first kappa shape index (κ1) is 15.7. The minimum Gasteiger partial charge on any atom is -0.492 e. The van der Waals surface area contributed by atoms with E-state index in [9.17, 15) is 12.8 Å². The second-order valence-electron chi connectivity index (χ2n) is 4.06. The van der Waals surface area contributed by atoms with Crippen LogP contribution in [0.25, 0.3) is 0 Å². The molecule has 1 aromatic rings. The largest absolute Gasteiger partial charge is 0.492 e. The fourth-order valence-corrected chi connectivity index (χ4v) is 2.87. The third-order valence-electron chi connectivity index (χ3n) is 2.48. The second kappa shape index (κ2) is 6.18. The molecular weight excluding hydrogens is 275 g/mol. The van der Waals surface area contributed by atoms with Crippen LogP contribution in [-0.2, 0) is 10.0 Å². The van der Waals surface area contributed by atoms with Crippen molar-refractivity contribution in [3.63, 3.8) is 0 Å². The highest BCUT2D eigenvalue weighted by molar-refractivity contribution is 7.89. The van der Waals surface area contributed by atoms with Crippen LogP contribution in [0.15, 0.2) is 17.0 Å². The van der Waals surface area contributed by atoms with Gasteiger partial charge in [0, 0.05) is 12.6 Å². The first-order chi connectivity index (χ1) is 8.81. The number of nitrogen functional groups attached to an aromatic ring is 1. The van der Waals surface area contributed by atoms with E-state index in [1.807, 2.05) is 0 Å². The van der Waals surface area contributed by atoms with Gasteiger partial charge in [-0.2, -0.15) is 0 Å². The average Bonchev–Trinajstić information content (AvgIpc) is 2.27. The van der Waals surface area contributed by atoms with E-state index in [1.165, 1.54) is 7.11 Å². The van der Waals surface area contributed by atoms with Gasteiger partial charge in [0.05, 0.1) is 17.7 Å². The molecule has 1 rings (SSSR count). The van der Waals surface area contributed by atoms with Crippen molar-refractivity contribution < 1.29 is 22.7 Å². The lowest BCUT2D eigenvalue weighted by atomic mass is 10.3. The van der Waals surface area contributed by atoms with Crippen molar-refractivity contribution in [3.05, 3.63) is 17.9 Å². The highest BCUT2D eigenvalue weighted by Gasteiger charge is 2.21. The summed E-state index contributed by atoms with van der Waals surface area (Å²) in [5, 5.41) is 8.73. The molecule has 8 heteroatoms. The molecular formula is C11H17FN2O4S. The first-order valence-corrected chi connectivity index (χ1v) is 7.06. The molecule has 0 saturated carbocycles. The smallest absolute Gasteiger partial charge is 0.240 e. The number of anilines is 1. The van der Waals surface area contributed by atoms with Gasteiger partial charge in [0.25, 0.3) is 0 Å². The Kier molecular flexibility index (Phi) is 5.10. The molecule has 0 amide bonds. The molecule has 0 heterocycles. The van der Waals surface area contributed by atoms with E-state index in [1.54, 1.807) is 6.92 Å². The molecule has 0 aliphatic heterocycles. The molecule has 0 aliphatic carbocycles. The Morgan fingerprint density at radius 2 is 2.16 bits per heavy atom. The average molecular weight is 292 g/mol. The van der Waals surface area contributed by atoms with Crippen molar-refractivity contribution in [2.75, 3.05) is 19.5 Å². The Bertz CT molecular complexity index is 525. The Labute approximate surface area is 111 Å². The van der Waals surface area contributed by atoms with Gasteiger partial charge in [0.2, 0.25) is 10.0 Å². The minimum absolute atomic E-state index is 0.0994. The molecule has 6 nitrogen and oxygen atoms in total. The molecule has 0 radical (unpaired) electrons. The van der Waals surface area contributed by atoms with E-state index < -0.39 is 21.9 Å². The lowest BCUT2D eigenvalue weighted by molar-refractivity contribution is 0.275. The third-order valence-corrected chi connectivity index (χ3v) is 4.05. The summed E-state index contributed by atoms with van der Waals surface area (Å²) < 4.78 is 44.6. The fraction of sp³-hybridized carbons (Fsp3) is 0.455. The van der Waals surface area contributed by atoms with Crippen LogP contribution in [-0.4, -0.2) is 33.3 Å². The Morgan fingerprint density at radius 1 is 1.53 bits per heavy atom. The summed E-state index contributed by atoms with van der Waals surface area (Å²) in [5.74, 6) is -1.04. The Morgan fingerprint density at radius 3 is 2.63 bits per heavy atom. The number of nitrogens with two attached hydrogens (primary N) is 1. The van der Waals surface area contributed by atoms with Crippen LogP contribution < -0.4 is 15.2 Å². The summed E-state index contributed by atoms with van der Waals surface area (Å²) in [6.45, 7) is 1.44. The van der Waals surface area contributed by atoms with Crippen LogP contribution in [0, 0.1) is 5.82 Å². The van der Waals surface area contributed by atoms with E-state index in [0.717, 1.165) is 12.1 Å². The third kappa shape index (κ3) is 3.79. The highest BCUT2D eigenvalue weighted by Crippen LogP contribution is 2.28. The monoisotopic (exact) mass is 292 g/mol. The summed E-state index contributed by atoms with van der Waals surface area (Å²) in [5.41, 5.74) is 5.42. The normalized spacial score (nSPS) is 13.3. The second-order valence-corrected chi connectivity index (χ2v) is 5.78. The number of benzene rings is 1. The van der Waals surface area contributed by atoms with Crippen molar-refractivity contribution in [1.82, 2.24) is 4.72 Å². The van der Waals surface area contributed by atoms with Crippen molar-refractivity contribution in [3.8, 4) is 5.75 Å². The molecule has 108 valence electrons. The molecule has 0 aliphatic rings. The first-order valence-electron chi connectivity index (χ1n) is 5.58. The molecule has 0 fully saturated rings. The van der Waals surface area contributed by atoms with Gasteiger partial charge in [-0.1, -0.05) is 0 Å². The number of rotatable bonds is 6. The SMILES string of the molecule is COc1c(N)cc(S(=O)(=O)NC(C)CCO)cc1F. The predicted octanol–water partition coefficient (Wildman–Crippen LogP) is 0.466. The quantitative estimate of drug-likeness (QED) is 0.661. The van der Waals surface area contributed by atoms with E-state index in [0.29, 0.717) is 0 Å². The number of hydrogen-bond donors (Lipinski definition) is 3. The fourth-order valence-electron chi connectivity index (χ4n) is 1.54. The highest BCUT2D eigenvalue weighted by atomic mass is 32.2. The Hall–Kier alpha value is -1.38. The maximum atomic E-state index is 13.6.